The fraction of sp³-hybridized carbons (Fsp3) is 0.154. The Morgan fingerprint density at radius 2 is 1.40 bits per heavy atom. The molecule has 1 atom stereocenters. The summed E-state index contributed by atoms with van der Waals surface area (Å²) in [5.41, 5.74) is 3.57. The molecular formula is C26H23N3O9S2. The number of carbonyl (C=O) groups excluding carboxylic acids is 1. The molecule has 0 spiro atoms. The summed E-state index contributed by atoms with van der Waals surface area (Å²) in [6.07, 6.45) is 0.732. The van der Waals surface area contributed by atoms with Crippen LogP contribution in [0.2, 0.25) is 0 Å². The molecule has 0 bridgehead atoms. The number of benzene rings is 3. The van der Waals surface area contributed by atoms with Gasteiger partial charge in [-0.1, -0.05) is 42.5 Å². The third kappa shape index (κ3) is 6.66. The van der Waals surface area contributed by atoms with Gasteiger partial charge in [0.2, 0.25) is 0 Å². The summed E-state index contributed by atoms with van der Waals surface area (Å²) in [5, 5.41) is 3.29. The quantitative estimate of drug-likeness (QED) is 0.317. The van der Waals surface area contributed by atoms with Crippen molar-refractivity contribution >= 4 is 32.4 Å². The summed E-state index contributed by atoms with van der Waals surface area (Å²) in [5.74, 6) is 0.265. The van der Waals surface area contributed by atoms with Crippen LogP contribution < -0.4 is 13.7 Å². The van der Waals surface area contributed by atoms with E-state index in [-0.39, 0.29) is 24.0 Å². The number of nitrogens with zero attached hydrogens (tertiary/aromatic N) is 2. The van der Waals surface area contributed by atoms with E-state index in [1.165, 1.54) is 24.3 Å². The van der Waals surface area contributed by atoms with Crippen LogP contribution >= 0.6 is 0 Å². The molecule has 0 aliphatic carbocycles. The molecule has 3 N–H and O–H groups in total. The number of aliphatic imine (C=N–C) groups is 1. The Labute approximate surface area is 230 Å². The Balaban J connectivity index is 1.40. The summed E-state index contributed by atoms with van der Waals surface area (Å²) in [7, 11) is -9.31. The third-order valence-electron chi connectivity index (χ3n) is 6.16. The number of fused-ring (bicyclic) bond motifs is 1. The molecular weight excluding hydrogens is 562 g/mol. The predicted octanol–water partition coefficient (Wildman–Crippen LogP) is 2.31. The molecule has 2 aliphatic heterocycles. The molecule has 0 aromatic heterocycles. The van der Waals surface area contributed by atoms with E-state index in [0.717, 1.165) is 11.1 Å². The largest absolute Gasteiger partial charge is 0.446 e. The average molecular weight is 586 g/mol. The predicted molar refractivity (Wildman–Crippen MR) is 143 cm³/mol. The topological polar surface area (TPSA) is 172 Å². The van der Waals surface area contributed by atoms with Crippen molar-refractivity contribution < 1.29 is 39.1 Å². The van der Waals surface area contributed by atoms with Crippen LogP contribution in [0, 0.1) is 0 Å². The monoisotopic (exact) mass is 585 g/mol. The lowest BCUT2D eigenvalue weighted by atomic mass is 10.0. The average Bonchev–Trinajstić information content (AvgIpc) is 3.20. The van der Waals surface area contributed by atoms with Crippen molar-refractivity contribution in [3.8, 4) is 11.5 Å². The molecule has 1 amide bonds. The fourth-order valence-corrected chi connectivity index (χ4v) is 5.18. The molecule has 1 saturated heterocycles. The van der Waals surface area contributed by atoms with Crippen molar-refractivity contribution in [3.05, 3.63) is 107 Å². The first-order chi connectivity index (χ1) is 18.9. The molecule has 12 nitrogen and oxygen atoms in total. The number of amides is 1. The zero-order valence-corrected chi connectivity index (χ0v) is 22.3. The smallest absolute Gasteiger partial charge is 0.362 e. The Bertz CT molecular complexity index is 1700. The summed E-state index contributed by atoms with van der Waals surface area (Å²) < 4.78 is 70.6. The number of rotatable bonds is 9. The van der Waals surface area contributed by atoms with Gasteiger partial charge < -0.3 is 13.7 Å². The molecule has 14 heteroatoms. The van der Waals surface area contributed by atoms with Gasteiger partial charge in [-0.15, -0.1) is 0 Å². The molecule has 1 unspecified atom stereocenters. The van der Waals surface area contributed by atoms with Crippen LogP contribution in [0.1, 0.15) is 16.7 Å². The first kappa shape index (κ1) is 27.3. The van der Waals surface area contributed by atoms with Crippen LogP contribution in [0.4, 0.5) is 0 Å². The highest BCUT2D eigenvalue weighted by Gasteiger charge is 2.39. The molecule has 0 radical (unpaired) electrons. The van der Waals surface area contributed by atoms with E-state index in [9.17, 15) is 21.6 Å². The highest BCUT2D eigenvalue weighted by molar-refractivity contribution is 7.81. The van der Waals surface area contributed by atoms with Crippen molar-refractivity contribution in [2.24, 2.45) is 4.99 Å². The van der Waals surface area contributed by atoms with Crippen LogP contribution in [0.3, 0.4) is 0 Å². The third-order valence-corrected chi connectivity index (χ3v) is 6.97. The van der Waals surface area contributed by atoms with Gasteiger partial charge in [-0.25, -0.2) is 0 Å². The summed E-state index contributed by atoms with van der Waals surface area (Å²) >= 11 is 0. The summed E-state index contributed by atoms with van der Waals surface area (Å²) in [4.78, 5) is 20.0. The van der Waals surface area contributed by atoms with Gasteiger partial charge in [0.1, 0.15) is 23.4 Å². The van der Waals surface area contributed by atoms with E-state index in [4.69, 9.17) is 14.1 Å². The van der Waals surface area contributed by atoms with Gasteiger partial charge in [0, 0.05) is 12.8 Å². The lowest BCUT2D eigenvalue weighted by Crippen LogP contribution is -2.36. The zero-order chi connectivity index (χ0) is 28.5. The van der Waals surface area contributed by atoms with Crippen molar-refractivity contribution in [1.29, 1.82) is 0 Å². The maximum Gasteiger partial charge on any atom is 0.446 e. The van der Waals surface area contributed by atoms with Gasteiger partial charge >= 0.3 is 20.8 Å². The van der Waals surface area contributed by atoms with Crippen molar-refractivity contribution in [2.75, 3.05) is 6.54 Å². The summed E-state index contributed by atoms with van der Waals surface area (Å²) in [6.45, 7) is 0.162. The molecule has 1 fully saturated rings. The van der Waals surface area contributed by atoms with Crippen LogP contribution in [-0.4, -0.2) is 55.0 Å². The number of hydrogen-bond donors (Lipinski definition) is 3. The van der Waals surface area contributed by atoms with Gasteiger partial charge in [-0.2, -0.15) is 16.8 Å². The minimum absolute atomic E-state index is 0.0618. The van der Waals surface area contributed by atoms with E-state index in [0.29, 0.717) is 35.6 Å². The van der Waals surface area contributed by atoms with E-state index in [1.807, 2.05) is 30.3 Å². The lowest BCUT2D eigenvalue weighted by molar-refractivity contribution is -0.127. The standard InChI is InChI=1S/C26H23N3O9S2/c30-26-23(15-18-6-10-20(11-7-18)37-39(31,32)33)28-25-22(14-17-4-2-1-3-5-17)27-24(16-29(25)26)19-8-12-21(13-9-19)38-40(34,35)36/h1-13,23,28H,14-16H2,(H,31,32,33)(H,34,35,36). The van der Waals surface area contributed by atoms with E-state index < -0.39 is 26.8 Å². The highest BCUT2D eigenvalue weighted by Crippen LogP contribution is 2.29. The maximum absolute atomic E-state index is 13.5. The lowest BCUT2D eigenvalue weighted by Gasteiger charge is -2.25. The first-order valence-corrected chi connectivity index (χ1v) is 14.6. The second-order valence-electron chi connectivity index (χ2n) is 9.03. The highest BCUT2D eigenvalue weighted by atomic mass is 32.3. The van der Waals surface area contributed by atoms with E-state index >= 15 is 0 Å². The van der Waals surface area contributed by atoms with Crippen molar-refractivity contribution in [2.45, 2.75) is 18.9 Å². The van der Waals surface area contributed by atoms with Gasteiger partial charge in [0.25, 0.3) is 5.91 Å². The van der Waals surface area contributed by atoms with E-state index in [2.05, 4.69) is 13.7 Å². The van der Waals surface area contributed by atoms with E-state index in [1.54, 1.807) is 29.2 Å². The Kier molecular flexibility index (Phi) is 7.33. The molecule has 40 heavy (non-hydrogen) atoms. The molecule has 3 aromatic carbocycles. The van der Waals surface area contributed by atoms with Crippen LogP contribution in [0.5, 0.6) is 11.5 Å². The second kappa shape index (κ2) is 10.7. The maximum atomic E-state index is 13.5. The number of hydrogen-bond acceptors (Lipinski definition) is 9. The molecule has 0 saturated carbocycles. The van der Waals surface area contributed by atoms with Crippen LogP contribution in [-0.2, 0) is 38.4 Å². The molecule has 3 aromatic rings. The van der Waals surface area contributed by atoms with Crippen molar-refractivity contribution in [1.82, 2.24) is 10.2 Å². The Morgan fingerprint density at radius 1 is 0.825 bits per heavy atom. The Morgan fingerprint density at radius 3 is 1.98 bits per heavy atom. The number of allylic oxidation sites excluding steroid dienone is 1. The van der Waals surface area contributed by atoms with Crippen LogP contribution in [0.25, 0.3) is 0 Å². The second-order valence-corrected chi connectivity index (χ2v) is 11.1. The minimum Gasteiger partial charge on any atom is -0.362 e. The van der Waals surface area contributed by atoms with Gasteiger partial charge in [-0.3, -0.25) is 23.8 Å². The normalized spacial score (nSPS) is 17.2. The van der Waals surface area contributed by atoms with Crippen LogP contribution in [0.15, 0.2) is 95.4 Å². The van der Waals surface area contributed by atoms with Gasteiger partial charge in [-0.05, 0) is 53.1 Å². The minimum atomic E-state index is -4.66. The molecule has 2 aliphatic rings. The van der Waals surface area contributed by atoms with Gasteiger partial charge in [0.15, 0.2) is 0 Å². The van der Waals surface area contributed by atoms with Crippen molar-refractivity contribution in [3.63, 3.8) is 0 Å². The Hall–Kier alpha value is -4.24. The number of nitrogens with one attached hydrogen (secondary N) is 1. The fourth-order valence-electron chi connectivity index (χ4n) is 4.47. The first-order valence-electron chi connectivity index (χ1n) is 11.9. The zero-order valence-electron chi connectivity index (χ0n) is 20.7. The van der Waals surface area contributed by atoms with Gasteiger partial charge in [0.05, 0.1) is 18.0 Å². The summed E-state index contributed by atoms with van der Waals surface area (Å²) in [6, 6.07) is 20.9. The molecule has 2 heterocycles. The molecule has 208 valence electrons. The molecule has 5 rings (SSSR count). The SMILES string of the molecule is O=C1C(Cc2ccc(OS(=O)(=O)O)cc2)NC2=C(Cc3ccccc3)N=C(c3ccc(OS(=O)(=O)O)cc3)CN12. The number of carbonyl (C=O) groups is 1.